The van der Waals surface area contributed by atoms with Crippen LogP contribution < -0.4 is 14.4 Å². The zero-order valence-corrected chi connectivity index (χ0v) is 20.9. The monoisotopic (exact) mass is 475 g/mol. The quantitative estimate of drug-likeness (QED) is 0.570. The molecule has 2 amide bonds. The van der Waals surface area contributed by atoms with Crippen molar-refractivity contribution in [3.05, 3.63) is 59.2 Å². The highest BCUT2D eigenvalue weighted by atomic mass is 32.2. The Balaban J connectivity index is 2.46. The first-order chi connectivity index (χ1) is 15.5. The SMILES string of the molecule is CC[C@@H](C(=O)NC)N(Cc1ccc(OC)cc1)C(=O)CN(c1cccc(C)c1C)S(C)(=O)=O. The second-order valence-corrected chi connectivity index (χ2v) is 9.80. The summed E-state index contributed by atoms with van der Waals surface area (Å²) in [5, 5.41) is 2.60. The number of amides is 2. The fourth-order valence-corrected chi connectivity index (χ4v) is 4.51. The zero-order valence-electron chi connectivity index (χ0n) is 20.1. The number of nitrogens with one attached hydrogen (secondary N) is 1. The molecule has 8 nitrogen and oxygen atoms in total. The molecule has 0 spiro atoms. The van der Waals surface area contributed by atoms with E-state index in [9.17, 15) is 18.0 Å². The van der Waals surface area contributed by atoms with Crippen molar-refractivity contribution in [3.63, 3.8) is 0 Å². The van der Waals surface area contributed by atoms with E-state index in [0.717, 1.165) is 27.3 Å². The van der Waals surface area contributed by atoms with Crippen LogP contribution in [0.2, 0.25) is 0 Å². The highest BCUT2D eigenvalue weighted by molar-refractivity contribution is 7.92. The standard InChI is InChI=1S/C24H33N3O5S/c1-7-21(24(29)25-4)26(15-19-11-13-20(32-5)14-12-19)23(28)16-27(33(6,30)31)22-10-8-9-17(2)18(22)3/h8-14,21H,7,15-16H2,1-6H3,(H,25,29)/t21-/m0/s1. The molecule has 0 saturated heterocycles. The van der Waals surface area contributed by atoms with Gasteiger partial charge in [0.15, 0.2) is 0 Å². The van der Waals surface area contributed by atoms with Gasteiger partial charge in [-0.25, -0.2) is 8.42 Å². The molecule has 2 rings (SSSR count). The summed E-state index contributed by atoms with van der Waals surface area (Å²) in [6, 6.07) is 11.8. The maximum Gasteiger partial charge on any atom is 0.244 e. The van der Waals surface area contributed by atoms with E-state index in [1.165, 1.54) is 11.9 Å². The molecule has 2 aromatic rings. The Bertz CT molecular complexity index is 1080. The van der Waals surface area contributed by atoms with E-state index in [4.69, 9.17) is 4.74 Å². The molecule has 0 aromatic heterocycles. The van der Waals surface area contributed by atoms with E-state index in [-0.39, 0.29) is 12.5 Å². The first-order valence-corrected chi connectivity index (χ1v) is 12.6. The van der Waals surface area contributed by atoms with Crippen LogP contribution in [0.1, 0.15) is 30.0 Å². The number of aryl methyl sites for hydroxylation is 1. The molecule has 0 unspecified atom stereocenters. The molecule has 0 aliphatic rings. The van der Waals surface area contributed by atoms with Crippen molar-refractivity contribution in [3.8, 4) is 5.75 Å². The van der Waals surface area contributed by atoms with Crippen LogP contribution in [0.25, 0.3) is 0 Å². The number of ether oxygens (including phenoxy) is 1. The van der Waals surface area contributed by atoms with Gasteiger partial charge >= 0.3 is 0 Å². The lowest BCUT2D eigenvalue weighted by molar-refractivity contribution is -0.140. The predicted octanol–water partition coefficient (Wildman–Crippen LogP) is 2.63. The molecule has 0 radical (unpaired) electrons. The van der Waals surface area contributed by atoms with E-state index in [1.54, 1.807) is 31.4 Å². The Morgan fingerprint density at radius 2 is 1.73 bits per heavy atom. The van der Waals surface area contributed by atoms with Crippen LogP contribution in [-0.2, 0) is 26.2 Å². The van der Waals surface area contributed by atoms with Crippen LogP contribution >= 0.6 is 0 Å². The lowest BCUT2D eigenvalue weighted by Crippen LogP contribution is -2.51. The summed E-state index contributed by atoms with van der Waals surface area (Å²) >= 11 is 0. The van der Waals surface area contributed by atoms with Crippen molar-refractivity contribution < 1.29 is 22.7 Å². The summed E-state index contributed by atoms with van der Waals surface area (Å²) in [5.74, 6) is -0.0993. The molecule has 0 aliphatic carbocycles. The van der Waals surface area contributed by atoms with Crippen molar-refractivity contribution in [2.75, 3.05) is 31.3 Å². The number of rotatable bonds is 10. The first-order valence-electron chi connectivity index (χ1n) is 10.7. The molecule has 0 heterocycles. The minimum Gasteiger partial charge on any atom is -0.497 e. The average molecular weight is 476 g/mol. The molecule has 0 aliphatic heterocycles. The van der Waals surface area contributed by atoms with Crippen molar-refractivity contribution in [2.24, 2.45) is 0 Å². The predicted molar refractivity (Wildman–Crippen MR) is 130 cm³/mol. The molecule has 0 saturated carbocycles. The van der Waals surface area contributed by atoms with Crippen molar-refractivity contribution in [1.29, 1.82) is 0 Å². The van der Waals surface area contributed by atoms with Gasteiger partial charge in [-0.1, -0.05) is 31.2 Å². The molecular formula is C24H33N3O5S. The molecule has 9 heteroatoms. The van der Waals surface area contributed by atoms with Gasteiger partial charge in [-0.15, -0.1) is 0 Å². The smallest absolute Gasteiger partial charge is 0.244 e. The first kappa shape index (κ1) is 26.2. The number of carbonyl (C=O) groups excluding carboxylic acids is 2. The fraction of sp³-hybridized carbons (Fsp3) is 0.417. The molecular weight excluding hydrogens is 442 g/mol. The van der Waals surface area contributed by atoms with Crippen LogP contribution in [-0.4, -0.2) is 58.1 Å². The molecule has 1 atom stereocenters. The van der Waals surface area contributed by atoms with Gasteiger partial charge in [0.2, 0.25) is 21.8 Å². The number of likely N-dealkylation sites (N-methyl/N-ethyl adjacent to an activating group) is 1. The van der Waals surface area contributed by atoms with Gasteiger partial charge in [0, 0.05) is 13.6 Å². The van der Waals surface area contributed by atoms with E-state index in [1.807, 2.05) is 39.0 Å². The van der Waals surface area contributed by atoms with Gasteiger partial charge < -0.3 is 15.0 Å². The van der Waals surface area contributed by atoms with Crippen LogP contribution in [0.3, 0.4) is 0 Å². The third-order valence-electron chi connectivity index (χ3n) is 5.67. The van der Waals surface area contributed by atoms with Crippen LogP contribution in [0.5, 0.6) is 5.75 Å². The summed E-state index contributed by atoms with van der Waals surface area (Å²) in [5.41, 5.74) is 2.93. The van der Waals surface area contributed by atoms with Crippen molar-refractivity contribution >= 4 is 27.5 Å². The summed E-state index contributed by atoms with van der Waals surface area (Å²) in [4.78, 5) is 27.5. The summed E-state index contributed by atoms with van der Waals surface area (Å²) in [6.45, 7) is 5.26. The normalized spacial score (nSPS) is 12.1. The minimum absolute atomic E-state index is 0.152. The average Bonchev–Trinajstić information content (AvgIpc) is 2.78. The highest BCUT2D eigenvalue weighted by Gasteiger charge is 2.31. The van der Waals surface area contributed by atoms with Crippen molar-refractivity contribution in [2.45, 2.75) is 39.8 Å². The topological polar surface area (TPSA) is 96.0 Å². The third kappa shape index (κ3) is 6.47. The maximum atomic E-state index is 13.5. The Morgan fingerprint density at radius 1 is 1.09 bits per heavy atom. The number of hydrogen-bond donors (Lipinski definition) is 1. The number of nitrogens with zero attached hydrogens (tertiary/aromatic N) is 2. The van der Waals surface area contributed by atoms with Crippen molar-refractivity contribution in [1.82, 2.24) is 10.2 Å². The number of anilines is 1. The van der Waals surface area contributed by atoms with Gasteiger partial charge in [-0.2, -0.15) is 0 Å². The Hall–Kier alpha value is -3.07. The van der Waals surface area contributed by atoms with E-state index in [0.29, 0.717) is 17.9 Å². The van der Waals surface area contributed by atoms with Crippen LogP contribution in [0.4, 0.5) is 5.69 Å². The molecule has 2 aromatic carbocycles. The number of hydrogen-bond acceptors (Lipinski definition) is 5. The van der Waals surface area contributed by atoms with Gasteiger partial charge in [-0.3, -0.25) is 13.9 Å². The van der Waals surface area contributed by atoms with Crippen LogP contribution in [0.15, 0.2) is 42.5 Å². The number of carbonyl (C=O) groups is 2. The summed E-state index contributed by atoms with van der Waals surface area (Å²) in [7, 11) is -0.677. The van der Waals surface area contributed by atoms with Crippen LogP contribution in [0, 0.1) is 13.8 Å². The van der Waals surface area contributed by atoms with E-state index >= 15 is 0 Å². The lowest BCUT2D eigenvalue weighted by Gasteiger charge is -2.33. The number of benzene rings is 2. The number of sulfonamides is 1. The largest absolute Gasteiger partial charge is 0.497 e. The third-order valence-corrected chi connectivity index (χ3v) is 6.79. The molecule has 0 fully saturated rings. The zero-order chi connectivity index (χ0) is 24.8. The molecule has 1 N–H and O–H groups in total. The van der Waals surface area contributed by atoms with E-state index in [2.05, 4.69) is 5.32 Å². The Morgan fingerprint density at radius 3 is 2.24 bits per heavy atom. The fourth-order valence-electron chi connectivity index (χ4n) is 3.61. The highest BCUT2D eigenvalue weighted by Crippen LogP contribution is 2.25. The van der Waals surface area contributed by atoms with Gasteiger partial charge in [0.05, 0.1) is 19.1 Å². The second-order valence-electron chi connectivity index (χ2n) is 7.90. The van der Waals surface area contributed by atoms with Gasteiger partial charge in [0.1, 0.15) is 18.3 Å². The number of methoxy groups -OCH3 is 1. The minimum atomic E-state index is -3.76. The Labute approximate surface area is 196 Å². The lowest BCUT2D eigenvalue weighted by atomic mass is 10.1. The Kier molecular flexibility index (Phi) is 8.87. The van der Waals surface area contributed by atoms with E-state index < -0.39 is 28.5 Å². The van der Waals surface area contributed by atoms with Gasteiger partial charge in [-0.05, 0) is 55.2 Å². The molecule has 180 valence electrons. The molecule has 33 heavy (non-hydrogen) atoms. The summed E-state index contributed by atoms with van der Waals surface area (Å²) < 4.78 is 31.6. The summed E-state index contributed by atoms with van der Waals surface area (Å²) in [6.07, 6.45) is 1.45. The van der Waals surface area contributed by atoms with Gasteiger partial charge in [0.25, 0.3) is 0 Å². The second kappa shape index (κ2) is 11.2. The molecule has 0 bridgehead atoms. The maximum absolute atomic E-state index is 13.5.